The molecule has 2 heterocycles. The van der Waals surface area contributed by atoms with E-state index in [1.54, 1.807) is 6.07 Å². The Hall–Kier alpha value is -2.13. The Balaban J connectivity index is 1.60. The molecule has 4 rings (SSSR count). The van der Waals surface area contributed by atoms with Gasteiger partial charge in [-0.3, -0.25) is 0 Å². The maximum Gasteiger partial charge on any atom is 0.443 e. The van der Waals surface area contributed by atoms with Gasteiger partial charge in [-0.25, -0.2) is 9.78 Å². The fourth-order valence-corrected chi connectivity index (χ4v) is 3.85. The summed E-state index contributed by atoms with van der Waals surface area (Å²) in [6.45, 7) is 0. The van der Waals surface area contributed by atoms with Crippen molar-refractivity contribution in [2.75, 3.05) is 0 Å². The van der Waals surface area contributed by atoms with Crippen LogP contribution in [0.1, 0.15) is 34.0 Å². The molecule has 0 amide bonds. The van der Waals surface area contributed by atoms with Gasteiger partial charge in [0.15, 0.2) is 16.5 Å². The lowest BCUT2D eigenvalue weighted by atomic mass is 10.1. The molecule has 0 atom stereocenters. The zero-order valence-corrected chi connectivity index (χ0v) is 16.7. The number of thiazole rings is 1. The van der Waals surface area contributed by atoms with Crippen LogP contribution in [-0.2, 0) is 12.6 Å². The largest absolute Gasteiger partial charge is 0.443 e. The van der Waals surface area contributed by atoms with Crippen molar-refractivity contribution >= 4 is 33.2 Å². The van der Waals surface area contributed by atoms with E-state index in [9.17, 15) is 18.0 Å². The molecule has 3 aromatic rings. The average molecular weight is 471 g/mol. The Bertz CT molecular complexity index is 1020. The predicted molar refractivity (Wildman–Crippen MR) is 102 cm³/mol. The van der Waals surface area contributed by atoms with Crippen molar-refractivity contribution < 1.29 is 22.7 Å². The lowest BCUT2D eigenvalue weighted by molar-refractivity contribution is -0.137. The van der Waals surface area contributed by atoms with Crippen LogP contribution >= 0.6 is 27.3 Å². The summed E-state index contributed by atoms with van der Waals surface area (Å²) in [4.78, 5) is 19.0. The predicted octanol–water partition coefficient (Wildman–Crippen LogP) is 6.09. The summed E-state index contributed by atoms with van der Waals surface area (Å²) >= 11 is 3.80. The lowest BCUT2D eigenvalue weighted by Gasteiger charge is -2.04. The molecule has 0 spiro atoms. The molecule has 1 fully saturated rings. The van der Waals surface area contributed by atoms with E-state index in [1.807, 2.05) is 24.3 Å². The second-order valence-corrected chi connectivity index (χ2v) is 8.38. The van der Waals surface area contributed by atoms with Gasteiger partial charge in [0.25, 0.3) is 0 Å². The van der Waals surface area contributed by atoms with Gasteiger partial charge in [0.05, 0.1) is 5.69 Å². The first-order valence-corrected chi connectivity index (χ1v) is 10.2. The van der Waals surface area contributed by atoms with E-state index in [-0.39, 0.29) is 5.69 Å². The average Bonchev–Trinajstić information content (AvgIpc) is 3.14. The molecule has 1 saturated carbocycles. The molecule has 1 aromatic carbocycles. The summed E-state index contributed by atoms with van der Waals surface area (Å²) in [7, 11) is 0. The second kappa shape index (κ2) is 7.36. The first-order chi connectivity index (χ1) is 13.3. The number of hydrogen-bond acceptors (Lipinski definition) is 4. The van der Waals surface area contributed by atoms with Gasteiger partial charge in [-0.1, -0.05) is 28.1 Å². The number of rotatable bonds is 5. The number of nitrogens with zero attached hydrogens (tertiary/aromatic N) is 1. The van der Waals surface area contributed by atoms with Crippen LogP contribution in [0.15, 0.2) is 40.2 Å². The Morgan fingerprint density at radius 3 is 2.75 bits per heavy atom. The van der Waals surface area contributed by atoms with Crippen LogP contribution in [0, 0.1) is 5.92 Å². The Morgan fingerprint density at radius 1 is 1.32 bits per heavy atom. The number of benzene rings is 1. The summed E-state index contributed by atoms with van der Waals surface area (Å²) in [6, 6.07) is 9.33. The van der Waals surface area contributed by atoms with Crippen LogP contribution in [0.5, 0.6) is 5.75 Å². The number of halogens is 4. The molecular formula is C19H14BrF3N2O2S. The highest BCUT2D eigenvalue weighted by Crippen LogP contribution is 2.38. The van der Waals surface area contributed by atoms with Gasteiger partial charge in [0.1, 0.15) is 0 Å². The minimum absolute atomic E-state index is 0.327. The zero-order chi connectivity index (χ0) is 19.9. The summed E-state index contributed by atoms with van der Waals surface area (Å²) in [5.41, 5.74) is 2.09. The molecule has 0 radical (unpaired) electrons. The first kappa shape index (κ1) is 19.2. The summed E-state index contributed by atoms with van der Waals surface area (Å²) in [5, 5.41) is -0.00492. The molecule has 0 unspecified atom stereocenters. The molecular weight excluding hydrogens is 457 g/mol. The highest BCUT2D eigenvalue weighted by molar-refractivity contribution is 9.10. The minimum Gasteiger partial charge on any atom is -0.420 e. The Labute approximate surface area is 170 Å². The Kier molecular flexibility index (Phi) is 5.05. The molecule has 1 aliphatic rings. The summed E-state index contributed by atoms with van der Waals surface area (Å²) < 4.78 is 44.5. The number of alkyl halides is 3. The second-order valence-electron chi connectivity index (χ2n) is 6.61. The fourth-order valence-electron chi connectivity index (χ4n) is 2.79. The van der Waals surface area contributed by atoms with E-state index < -0.39 is 17.2 Å². The Morgan fingerprint density at radius 2 is 2.11 bits per heavy atom. The third kappa shape index (κ3) is 4.30. The first-order valence-electron chi connectivity index (χ1n) is 8.52. The standard InChI is InChI=1S/C19H14BrF3N2O2S/c20-12-3-1-2-11(7-12)13-8-16(14(24-13)6-10-4-5-10)27-17(26)15-9-28-18(25-15)19(21,22)23/h1-3,7-10,24H,4-6H2. The van der Waals surface area contributed by atoms with Gasteiger partial charge in [-0.2, -0.15) is 13.2 Å². The van der Waals surface area contributed by atoms with Gasteiger partial charge >= 0.3 is 12.1 Å². The molecule has 28 heavy (non-hydrogen) atoms. The lowest BCUT2D eigenvalue weighted by Crippen LogP contribution is -2.11. The van der Waals surface area contributed by atoms with Crippen molar-refractivity contribution in [3.05, 3.63) is 56.6 Å². The number of aromatic amines is 1. The topological polar surface area (TPSA) is 55.0 Å². The van der Waals surface area contributed by atoms with Crippen molar-refractivity contribution in [2.45, 2.75) is 25.4 Å². The molecule has 9 heteroatoms. The monoisotopic (exact) mass is 470 g/mol. The SMILES string of the molecule is O=C(Oc1cc(-c2cccc(Br)c2)[nH]c1CC1CC1)c1csc(C(F)(F)F)n1. The number of nitrogens with one attached hydrogen (secondary N) is 1. The molecule has 0 aliphatic heterocycles. The zero-order valence-electron chi connectivity index (χ0n) is 14.3. The van der Waals surface area contributed by atoms with Gasteiger partial charge < -0.3 is 9.72 Å². The van der Waals surface area contributed by atoms with E-state index in [0.717, 1.165) is 46.1 Å². The summed E-state index contributed by atoms with van der Waals surface area (Å²) in [6.07, 6.45) is -1.64. The van der Waals surface area contributed by atoms with Crippen molar-refractivity contribution in [3.63, 3.8) is 0 Å². The van der Waals surface area contributed by atoms with Crippen LogP contribution in [0.2, 0.25) is 0 Å². The van der Waals surface area contributed by atoms with Crippen molar-refractivity contribution in [1.82, 2.24) is 9.97 Å². The number of hydrogen-bond donors (Lipinski definition) is 1. The number of carbonyl (C=O) groups is 1. The van der Waals surface area contributed by atoms with Crippen LogP contribution in [0.4, 0.5) is 13.2 Å². The molecule has 0 saturated heterocycles. The van der Waals surface area contributed by atoms with Gasteiger partial charge in [0, 0.05) is 21.6 Å². The van der Waals surface area contributed by atoms with E-state index in [0.29, 0.717) is 23.0 Å². The van der Waals surface area contributed by atoms with Crippen LogP contribution in [0.3, 0.4) is 0 Å². The van der Waals surface area contributed by atoms with Gasteiger partial charge in [-0.05, 0) is 42.9 Å². The third-order valence-electron chi connectivity index (χ3n) is 4.34. The minimum atomic E-state index is -4.58. The van der Waals surface area contributed by atoms with E-state index in [1.165, 1.54) is 0 Å². The molecule has 4 nitrogen and oxygen atoms in total. The number of ether oxygens (including phenoxy) is 1. The molecule has 146 valence electrons. The summed E-state index contributed by atoms with van der Waals surface area (Å²) in [5.74, 6) is -0.0420. The van der Waals surface area contributed by atoms with Crippen molar-refractivity contribution in [1.29, 1.82) is 0 Å². The normalized spacial score (nSPS) is 14.3. The van der Waals surface area contributed by atoms with Crippen LogP contribution in [0.25, 0.3) is 11.3 Å². The van der Waals surface area contributed by atoms with Gasteiger partial charge in [0.2, 0.25) is 0 Å². The fraction of sp³-hybridized carbons (Fsp3) is 0.263. The molecule has 1 aliphatic carbocycles. The number of H-pyrrole nitrogens is 1. The molecule has 0 bridgehead atoms. The third-order valence-corrected chi connectivity index (χ3v) is 5.72. The molecule has 1 N–H and O–H groups in total. The number of esters is 1. The van der Waals surface area contributed by atoms with Crippen LogP contribution < -0.4 is 4.74 Å². The van der Waals surface area contributed by atoms with Crippen molar-refractivity contribution in [3.8, 4) is 17.0 Å². The van der Waals surface area contributed by atoms with Gasteiger partial charge in [-0.15, -0.1) is 11.3 Å². The van der Waals surface area contributed by atoms with E-state index >= 15 is 0 Å². The maximum atomic E-state index is 12.7. The quantitative estimate of drug-likeness (QED) is 0.458. The maximum absolute atomic E-state index is 12.7. The number of aromatic nitrogens is 2. The number of carbonyl (C=O) groups excluding carboxylic acids is 1. The highest BCUT2D eigenvalue weighted by atomic mass is 79.9. The van der Waals surface area contributed by atoms with E-state index in [2.05, 4.69) is 25.9 Å². The smallest absolute Gasteiger partial charge is 0.420 e. The van der Waals surface area contributed by atoms with E-state index in [4.69, 9.17) is 4.74 Å². The van der Waals surface area contributed by atoms with Crippen molar-refractivity contribution in [2.24, 2.45) is 5.92 Å². The van der Waals surface area contributed by atoms with Crippen LogP contribution in [-0.4, -0.2) is 15.9 Å². The molecule has 2 aromatic heterocycles. The highest BCUT2D eigenvalue weighted by Gasteiger charge is 2.35.